The van der Waals surface area contributed by atoms with Crippen molar-refractivity contribution >= 4 is 35.3 Å². The Morgan fingerprint density at radius 1 is 1.48 bits per heavy atom. The van der Waals surface area contributed by atoms with Gasteiger partial charge < -0.3 is 15.2 Å². The first kappa shape index (κ1) is 18.1. The predicted octanol–water partition coefficient (Wildman–Crippen LogP) is 2.36. The lowest BCUT2D eigenvalue weighted by molar-refractivity contribution is -0.144. The average Bonchev–Trinajstić information content (AvgIpc) is 2.70. The summed E-state index contributed by atoms with van der Waals surface area (Å²) >= 11 is 11.3. The van der Waals surface area contributed by atoms with Gasteiger partial charge in [-0.2, -0.15) is 0 Å². The second-order valence-electron chi connectivity index (χ2n) is 6.03. The molecule has 6 nitrogen and oxygen atoms in total. The van der Waals surface area contributed by atoms with Crippen molar-refractivity contribution in [2.45, 2.75) is 38.3 Å². The highest BCUT2D eigenvalue weighted by atomic mass is 35.5. The number of aliphatic carboxylic acids is 1. The van der Waals surface area contributed by atoms with Gasteiger partial charge in [0.25, 0.3) is 0 Å². The van der Waals surface area contributed by atoms with E-state index in [0.29, 0.717) is 18.1 Å². The van der Waals surface area contributed by atoms with Gasteiger partial charge in [-0.15, -0.1) is 0 Å². The molecule has 1 aliphatic heterocycles. The highest BCUT2D eigenvalue weighted by molar-refractivity contribution is 6.36. The number of hydrogen-bond acceptors (Lipinski definition) is 4. The molecule has 1 fully saturated rings. The van der Waals surface area contributed by atoms with E-state index in [0.717, 1.165) is 0 Å². The summed E-state index contributed by atoms with van der Waals surface area (Å²) in [6.07, 6.45) is -0.473. The van der Waals surface area contributed by atoms with E-state index in [4.69, 9.17) is 27.9 Å². The van der Waals surface area contributed by atoms with Crippen LogP contribution >= 0.6 is 23.2 Å². The van der Waals surface area contributed by atoms with Crippen LogP contribution in [0.1, 0.15) is 27.2 Å². The summed E-state index contributed by atoms with van der Waals surface area (Å²) in [6, 6.07) is 0. The molecule has 120 valence electrons. The van der Waals surface area contributed by atoms with Gasteiger partial charge in [-0.25, -0.2) is 9.59 Å². The Hall–Kier alpha value is -0.980. The van der Waals surface area contributed by atoms with Crippen LogP contribution in [0.5, 0.6) is 0 Å². The van der Waals surface area contributed by atoms with E-state index < -0.39 is 23.2 Å². The predicted molar refractivity (Wildman–Crippen MR) is 80.6 cm³/mol. The molecule has 0 radical (unpaired) electrons. The Bertz CT molecular complexity index is 448. The Morgan fingerprint density at radius 3 is 2.57 bits per heavy atom. The van der Waals surface area contributed by atoms with Gasteiger partial charge in [0.1, 0.15) is 5.60 Å². The monoisotopic (exact) mass is 338 g/mol. The Labute approximate surface area is 134 Å². The standard InChI is InChI=1S/C13H20Cl2N2O4/c1-12(2,3)21-11(20)16-13(10(18)19)4-5-17(8-13)7-9(15)6-14/h6H,4-5,7-8H2,1-3H3,(H,16,20)(H,18,19). The minimum absolute atomic E-state index is 0.141. The van der Waals surface area contributed by atoms with Gasteiger partial charge >= 0.3 is 12.1 Å². The molecule has 2 N–H and O–H groups in total. The number of nitrogens with one attached hydrogen (secondary N) is 1. The van der Waals surface area contributed by atoms with Crippen LogP contribution in [0.2, 0.25) is 0 Å². The van der Waals surface area contributed by atoms with Crippen molar-refractivity contribution < 1.29 is 19.4 Å². The molecule has 1 atom stereocenters. The van der Waals surface area contributed by atoms with Crippen molar-refractivity contribution in [3.63, 3.8) is 0 Å². The molecular weight excluding hydrogens is 319 g/mol. The molecule has 1 heterocycles. The van der Waals surface area contributed by atoms with Crippen LogP contribution in [-0.2, 0) is 9.53 Å². The fourth-order valence-electron chi connectivity index (χ4n) is 2.10. The third-order valence-electron chi connectivity index (χ3n) is 2.99. The zero-order valence-electron chi connectivity index (χ0n) is 12.3. The first-order valence-corrected chi connectivity index (χ1v) is 7.31. The zero-order valence-corrected chi connectivity index (χ0v) is 13.8. The average molecular weight is 339 g/mol. The first-order valence-electron chi connectivity index (χ1n) is 6.50. The minimum atomic E-state index is -1.37. The molecule has 1 aliphatic rings. The molecule has 0 aromatic rings. The molecule has 0 aromatic heterocycles. The van der Waals surface area contributed by atoms with E-state index in [2.05, 4.69) is 5.32 Å². The molecule has 1 unspecified atom stereocenters. The van der Waals surface area contributed by atoms with Crippen molar-refractivity contribution in [2.24, 2.45) is 0 Å². The quantitative estimate of drug-likeness (QED) is 0.822. The molecule has 0 spiro atoms. The lowest BCUT2D eigenvalue weighted by Crippen LogP contribution is -2.57. The molecule has 1 amide bonds. The maximum Gasteiger partial charge on any atom is 0.408 e. The number of hydrogen-bond donors (Lipinski definition) is 2. The molecule has 0 saturated carbocycles. The summed E-state index contributed by atoms with van der Waals surface area (Å²) in [5.74, 6) is -1.10. The minimum Gasteiger partial charge on any atom is -0.479 e. The van der Waals surface area contributed by atoms with Crippen molar-refractivity contribution in [1.82, 2.24) is 10.2 Å². The Morgan fingerprint density at radius 2 is 2.10 bits per heavy atom. The van der Waals surface area contributed by atoms with E-state index in [1.54, 1.807) is 20.8 Å². The number of rotatable bonds is 4. The van der Waals surface area contributed by atoms with Crippen LogP contribution < -0.4 is 5.32 Å². The number of amides is 1. The normalized spacial score (nSPS) is 24.0. The molecule has 21 heavy (non-hydrogen) atoms. The number of halogens is 2. The summed E-state index contributed by atoms with van der Waals surface area (Å²) in [5, 5.41) is 12.3. The van der Waals surface area contributed by atoms with Gasteiger partial charge in [0.2, 0.25) is 0 Å². The summed E-state index contributed by atoms with van der Waals surface area (Å²) in [7, 11) is 0. The fourth-order valence-corrected chi connectivity index (χ4v) is 2.34. The summed E-state index contributed by atoms with van der Waals surface area (Å²) in [4.78, 5) is 25.2. The van der Waals surface area contributed by atoms with Gasteiger partial charge in [-0.3, -0.25) is 4.90 Å². The van der Waals surface area contributed by atoms with Crippen molar-refractivity contribution in [1.29, 1.82) is 0 Å². The van der Waals surface area contributed by atoms with Crippen LogP contribution in [0.3, 0.4) is 0 Å². The van der Waals surface area contributed by atoms with E-state index in [-0.39, 0.29) is 13.0 Å². The second kappa shape index (κ2) is 6.85. The molecule has 8 heteroatoms. The van der Waals surface area contributed by atoms with Gasteiger partial charge in [0, 0.05) is 30.2 Å². The molecule has 1 saturated heterocycles. The van der Waals surface area contributed by atoms with Crippen molar-refractivity contribution in [3.05, 3.63) is 10.6 Å². The van der Waals surface area contributed by atoms with Crippen LogP contribution in [0.15, 0.2) is 10.6 Å². The van der Waals surface area contributed by atoms with Gasteiger partial charge in [-0.05, 0) is 27.2 Å². The van der Waals surface area contributed by atoms with E-state index in [1.165, 1.54) is 5.54 Å². The largest absolute Gasteiger partial charge is 0.479 e. The number of carboxylic acids is 1. The fraction of sp³-hybridized carbons (Fsp3) is 0.692. The highest BCUT2D eigenvalue weighted by Crippen LogP contribution is 2.24. The molecule has 1 rings (SSSR count). The lowest BCUT2D eigenvalue weighted by Gasteiger charge is -2.28. The van der Waals surface area contributed by atoms with Gasteiger partial charge in [0.15, 0.2) is 5.54 Å². The number of ether oxygens (including phenoxy) is 1. The maximum atomic E-state index is 11.8. The SMILES string of the molecule is CC(C)(C)OC(=O)NC1(C(=O)O)CCN(CC(Cl)=CCl)C1. The third-order valence-corrected chi connectivity index (χ3v) is 3.59. The smallest absolute Gasteiger partial charge is 0.408 e. The number of likely N-dealkylation sites (tertiary alicyclic amines) is 1. The van der Waals surface area contributed by atoms with E-state index in [1.807, 2.05) is 4.90 Å². The third kappa shape index (κ3) is 5.37. The van der Waals surface area contributed by atoms with Gasteiger partial charge in [0.05, 0.1) is 0 Å². The van der Waals surface area contributed by atoms with Crippen LogP contribution in [0.25, 0.3) is 0 Å². The number of carboxylic acid groups (broad SMARTS) is 1. The zero-order chi connectivity index (χ0) is 16.3. The molecular formula is C13H20Cl2N2O4. The number of carbonyl (C=O) groups is 2. The Kier molecular flexibility index (Phi) is 5.90. The topological polar surface area (TPSA) is 78.9 Å². The van der Waals surface area contributed by atoms with E-state index in [9.17, 15) is 14.7 Å². The van der Waals surface area contributed by atoms with Crippen LogP contribution in [0, 0.1) is 0 Å². The van der Waals surface area contributed by atoms with Crippen LogP contribution in [0.4, 0.5) is 4.79 Å². The van der Waals surface area contributed by atoms with Crippen molar-refractivity contribution in [2.75, 3.05) is 19.6 Å². The second-order valence-corrected chi connectivity index (χ2v) is 6.73. The first-order chi connectivity index (χ1) is 9.58. The van der Waals surface area contributed by atoms with Crippen LogP contribution in [-0.4, -0.2) is 52.8 Å². The molecule has 0 aromatic carbocycles. The lowest BCUT2D eigenvalue weighted by atomic mass is 9.99. The number of nitrogens with zero attached hydrogens (tertiary/aromatic N) is 1. The summed E-state index contributed by atoms with van der Waals surface area (Å²) in [5.41, 5.74) is -0.817. The maximum absolute atomic E-state index is 11.8. The highest BCUT2D eigenvalue weighted by Gasteiger charge is 2.46. The number of alkyl carbamates (subject to hydrolysis) is 1. The molecule has 0 bridgehead atoms. The van der Waals surface area contributed by atoms with Gasteiger partial charge in [-0.1, -0.05) is 23.2 Å². The summed E-state index contributed by atoms with van der Waals surface area (Å²) < 4.78 is 5.12. The Balaban J connectivity index is 2.74. The molecule has 0 aliphatic carbocycles. The van der Waals surface area contributed by atoms with Crippen molar-refractivity contribution in [3.8, 4) is 0 Å². The number of carbonyl (C=O) groups excluding carboxylic acids is 1. The van der Waals surface area contributed by atoms with E-state index >= 15 is 0 Å². The summed E-state index contributed by atoms with van der Waals surface area (Å²) in [6.45, 7) is 6.12.